The molecule has 2 aromatic carbocycles. The van der Waals surface area contributed by atoms with Crippen LogP contribution in [0.3, 0.4) is 0 Å². The number of pyridine rings is 1. The standard InChI is InChI=1S/C25H21Cl2N5O3S/c1-3-32-24(33)21(30-25(34)29-19-11-12-28-23(27)22(19)26)14-20(31-32)15-5-4-6-18(13-15)36-17-9-7-16(35-2)8-10-17/h4-14H,3H2,1-2H3,(H2,28,29,30,34). The van der Waals surface area contributed by atoms with E-state index in [1.165, 1.54) is 16.9 Å². The number of carbonyl (C=O) groups excluding carboxylic acids is 1. The molecule has 0 atom stereocenters. The van der Waals surface area contributed by atoms with E-state index < -0.39 is 11.6 Å². The Hall–Kier alpha value is -3.53. The van der Waals surface area contributed by atoms with E-state index in [1.54, 1.807) is 31.9 Å². The summed E-state index contributed by atoms with van der Waals surface area (Å²) in [6.45, 7) is 2.13. The average Bonchev–Trinajstić information content (AvgIpc) is 2.88. The molecule has 0 saturated carbocycles. The highest BCUT2D eigenvalue weighted by atomic mass is 35.5. The van der Waals surface area contributed by atoms with Gasteiger partial charge in [0.05, 0.1) is 18.5 Å². The van der Waals surface area contributed by atoms with E-state index in [2.05, 4.69) is 20.7 Å². The zero-order valence-electron chi connectivity index (χ0n) is 19.3. The van der Waals surface area contributed by atoms with Crippen LogP contribution in [0.25, 0.3) is 11.3 Å². The zero-order valence-corrected chi connectivity index (χ0v) is 21.6. The van der Waals surface area contributed by atoms with Crippen LogP contribution in [0, 0.1) is 0 Å². The zero-order chi connectivity index (χ0) is 25.7. The molecule has 0 unspecified atom stereocenters. The summed E-state index contributed by atoms with van der Waals surface area (Å²) in [5.74, 6) is 0.789. The third kappa shape index (κ3) is 5.99. The maximum atomic E-state index is 12.8. The molecule has 0 bridgehead atoms. The first-order chi connectivity index (χ1) is 17.4. The minimum Gasteiger partial charge on any atom is -0.497 e. The first kappa shape index (κ1) is 25.6. The fourth-order valence-corrected chi connectivity index (χ4v) is 4.47. The molecule has 0 saturated heterocycles. The van der Waals surface area contributed by atoms with E-state index in [0.29, 0.717) is 12.2 Å². The summed E-state index contributed by atoms with van der Waals surface area (Å²) in [6, 6.07) is 17.9. The summed E-state index contributed by atoms with van der Waals surface area (Å²) in [7, 11) is 1.63. The number of nitrogens with zero attached hydrogens (tertiary/aromatic N) is 3. The van der Waals surface area contributed by atoms with Gasteiger partial charge in [-0.1, -0.05) is 47.1 Å². The smallest absolute Gasteiger partial charge is 0.323 e. The third-order valence-corrected chi connectivity index (χ3v) is 6.81. The molecule has 11 heteroatoms. The lowest BCUT2D eigenvalue weighted by molar-refractivity contribution is 0.262. The van der Waals surface area contributed by atoms with Crippen LogP contribution >= 0.6 is 35.0 Å². The molecule has 0 aliphatic heterocycles. The number of aromatic nitrogens is 3. The lowest BCUT2D eigenvalue weighted by Crippen LogP contribution is -2.29. The Morgan fingerprint density at radius 3 is 2.50 bits per heavy atom. The lowest BCUT2D eigenvalue weighted by Gasteiger charge is -2.12. The molecule has 0 radical (unpaired) electrons. The van der Waals surface area contributed by atoms with Crippen molar-refractivity contribution in [2.24, 2.45) is 0 Å². The normalized spacial score (nSPS) is 10.7. The Balaban J connectivity index is 1.59. The molecule has 2 N–H and O–H groups in total. The topological polar surface area (TPSA) is 98.1 Å². The lowest BCUT2D eigenvalue weighted by atomic mass is 10.1. The Labute approximate surface area is 221 Å². The van der Waals surface area contributed by atoms with Gasteiger partial charge >= 0.3 is 6.03 Å². The third-order valence-electron chi connectivity index (χ3n) is 5.04. The molecule has 8 nitrogen and oxygen atoms in total. The van der Waals surface area contributed by atoms with Gasteiger partial charge in [0, 0.05) is 28.1 Å². The van der Waals surface area contributed by atoms with Crippen molar-refractivity contribution in [1.82, 2.24) is 14.8 Å². The van der Waals surface area contributed by atoms with Crippen molar-refractivity contribution >= 4 is 52.4 Å². The summed E-state index contributed by atoms with van der Waals surface area (Å²) >= 11 is 13.6. The number of methoxy groups -OCH3 is 1. The van der Waals surface area contributed by atoms with Crippen LogP contribution in [-0.2, 0) is 6.54 Å². The first-order valence-electron chi connectivity index (χ1n) is 10.8. The van der Waals surface area contributed by atoms with E-state index in [-0.39, 0.29) is 21.6 Å². The van der Waals surface area contributed by atoms with Crippen LogP contribution in [-0.4, -0.2) is 27.9 Å². The highest BCUT2D eigenvalue weighted by molar-refractivity contribution is 7.99. The van der Waals surface area contributed by atoms with Crippen molar-refractivity contribution in [3.8, 4) is 17.0 Å². The minimum absolute atomic E-state index is 0.0568. The van der Waals surface area contributed by atoms with E-state index in [1.807, 2.05) is 48.5 Å². The molecule has 0 fully saturated rings. The number of carbonyl (C=O) groups is 1. The molecule has 184 valence electrons. The van der Waals surface area contributed by atoms with Gasteiger partial charge in [-0.2, -0.15) is 5.10 Å². The van der Waals surface area contributed by atoms with Crippen molar-refractivity contribution in [1.29, 1.82) is 0 Å². The Bertz CT molecular complexity index is 1460. The number of hydrogen-bond donors (Lipinski definition) is 2. The number of nitrogens with one attached hydrogen (secondary N) is 2. The minimum atomic E-state index is -0.653. The van der Waals surface area contributed by atoms with Gasteiger partial charge in [0.2, 0.25) is 0 Å². The van der Waals surface area contributed by atoms with Gasteiger partial charge in [-0.05, 0) is 55.5 Å². The quantitative estimate of drug-likeness (QED) is 0.261. The predicted molar refractivity (Wildman–Crippen MR) is 144 cm³/mol. The van der Waals surface area contributed by atoms with Gasteiger partial charge in [-0.25, -0.2) is 14.5 Å². The Morgan fingerprint density at radius 1 is 1.03 bits per heavy atom. The van der Waals surface area contributed by atoms with Crippen molar-refractivity contribution in [3.05, 3.63) is 87.4 Å². The Morgan fingerprint density at radius 2 is 1.78 bits per heavy atom. The number of anilines is 2. The molecule has 4 rings (SSSR count). The molecule has 0 spiro atoms. The number of hydrogen-bond acceptors (Lipinski definition) is 6. The molecule has 0 aliphatic rings. The fourth-order valence-electron chi connectivity index (χ4n) is 3.28. The number of halogens is 2. The van der Waals surface area contributed by atoms with E-state index in [4.69, 9.17) is 27.9 Å². The number of rotatable bonds is 7. The summed E-state index contributed by atoms with van der Waals surface area (Å²) in [5.41, 5.74) is 1.24. The van der Waals surface area contributed by atoms with Gasteiger partial charge in [0.25, 0.3) is 5.56 Å². The summed E-state index contributed by atoms with van der Waals surface area (Å²) < 4.78 is 6.51. The maximum Gasteiger partial charge on any atom is 0.323 e. The van der Waals surface area contributed by atoms with Gasteiger partial charge < -0.3 is 15.4 Å². The second-order valence-corrected chi connectivity index (χ2v) is 9.29. The van der Waals surface area contributed by atoms with Crippen molar-refractivity contribution in [3.63, 3.8) is 0 Å². The van der Waals surface area contributed by atoms with Crippen LogP contribution in [0.5, 0.6) is 5.75 Å². The predicted octanol–water partition coefficient (Wildman–Crippen LogP) is 6.44. The molecule has 2 heterocycles. The highest BCUT2D eigenvalue weighted by Gasteiger charge is 2.14. The van der Waals surface area contributed by atoms with Crippen LogP contribution in [0.15, 0.2) is 81.4 Å². The number of benzene rings is 2. The van der Waals surface area contributed by atoms with Gasteiger partial charge in [-0.15, -0.1) is 0 Å². The van der Waals surface area contributed by atoms with Crippen LogP contribution in [0.2, 0.25) is 10.2 Å². The average molecular weight is 542 g/mol. The first-order valence-corrected chi connectivity index (χ1v) is 12.4. The molecule has 2 aromatic heterocycles. The highest BCUT2D eigenvalue weighted by Crippen LogP contribution is 2.32. The maximum absolute atomic E-state index is 12.8. The number of ether oxygens (including phenoxy) is 1. The molecular weight excluding hydrogens is 521 g/mol. The van der Waals surface area contributed by atoms with E-state index in [0.717, 1.165) is 21.1 Å². The van der Waals surface area contributed by atoms with Gasteiger partial charge in [0.15, 0.2) is 0 Å². The summed E-state index contributed by atoms with van der Waals surface area (Å²) in [5, 5.41) is 9.80. The SMILES string of the molecule is CCn1nc(-c2cccc(Sc3ccc(OC)cc3)c2)cc(NC(=O)Nc2ccnc(Cl)c2Cl)c1=O. The molecule has 4 aromatic rings. The van der Waals surface area contributed by atoms with Crippen LogP contribution in [0.4, 0.5) is 16.2 Å². The van der Waals surface area contributed by atoms with Crippen LogP contribution < -0.4 is 20.9 Å². The Kier molecular flexibility index (Phi) is 8.14. The number of urea groups is 1. The van der Waals surface area contributed by atoms with Crippen molar-refractivity contribution < 1.29 is 9.53 Å². The summed E-state index contributed by atoms with van der Waals surface area (Å²) in [6.07, 6.45) is 1.41. The molecule has 0 aliphatic carbocycles. The fraction of sp³-hybridized carbons (Fsp3) is 0.120. The largest absolute Gasteiger partial charge is 0.497 e. The molecule has 36 heavy (non-hydrogen) atoms. The van der Waals surface area contributed by atoms with E-state index in [9.17, 15) is 9.59 Å². The van der Waals surface area contributed by atoms with Crippen LogP contribution in [0.1, 0.15) is 6.92 Å². The van der Waals surface area contributed by atoms with Gasteiger partial charge in [-0.3, -0.25) is 4.79 Å². The van der Waals surface area contributed by atoms with Gasteiger partial charge in [0.1, 0.15) is 21.6 Å². The molecular formula is C25H21Cl2N5O3S. The number of aryl methyl sites for hydroxylation is 1. The second kappa shape index (κ2) is 11.5. The monoisotopic (exact) mass is 541 g/mol. The second-order valence-electron chi connectivity index (χ2n) is 7.41. The number of amides is 2. The van der Waals surface area contributed by atoms with Crippen molar-refractivity contribution in [2.75, 3.05) is 17.7 Å². The molecule has 2 amide bonds. The van der Waals surface area contributed by atoms with E-state index >= 15 is 0 Å². The summed E-state index contributed by atoms with van der Waals surface area (Å²) in [4.78, 5) is 31.3. The van der Waals surface area contributed by atoms with Crippen molar-refractivity contribution in [2.45, 2.75) is 23.3 Å².